The number of nitrogens with one attached hydrogen (secondary N) is 1. The predicted molar refractivity (Wildman–Crippen MR) is 78.0 cm³/mol. The normalized spacial score (nSPS) is 11.8. The van der Waals surface area contributed by atoms with Crippen molar-refractivity contribution in [2.75, 3.05) is 0 Å². The van der Waals surface area contributed by atoms with Crippen LogP contribution in [0.3, 0.4) is 0 Å². The van der Waals surface area contributed by atoms with Crippen molar-refractivity contribution < 1.29 is 13.2 Å². The first-order chi connectivity index (χ1) is 8.99. The lowest BCUT2D eigenvalue weighted by Gasteiger charge is -2.07. The van der Waals surface area contributed by atoms with Crippen LogP contribution >= 0.6 is 0 Å². The first kappa shape index (κ1) is 17.1. The van der Waals surface area contributed by atoms with Crippen molar-refractivity contribution in [3.8, 4) is 0 Å². The summed E-state index contributed by atoms with van der Waals surface area (Å²) >= 11 is 0. The number of carbonyl (C=O) groups is 1. The van der Waals surface area contributed by atoms with E-state index in [1.165, 1.54) is 0 Å². The summed E-state index contributed by atoms with van der Waals surface area (Å²) in [5.41, 5.74) is 1.59. The van der Waals surface area contributed by atoms with Gasteiger partial charge in [-0.1, -0.05) is 30.4 Å². The molecule has 4 nitrogen and oxygen atoms in total. The largest absolute Gasteiger partial charge is 0.307 e. The van der Waals surface area contributed by atoms with Crippen molar-refractivity contribution in [3.05, 3.63) is 47.7 Å². The number of benzene rings is 1. The van der Waals surface area contributed by atoms with Crippen molar-refractivity contribution in [1.82, 2.24) is 4.72 Å². The predicted octanol–water partition coefficient (Wildman–Crippen LogP) is 2.74. The highest BCUT2D eigenvalue weighted by atomic mass is 32.2. The lowest BCUT2D eigenvalue weighted by Crippen LogP contribution is -2.21. The summed E-state index contributed by atoms with van der Waals surface area (Å²) in [6.07, 6.45) is 5.54. The number of carbonyl (C=O) groups excluding carboxylic acids is 1. The molecule has 0 aliphatic heterocycles. The van der Waals surface area contributed by atoms with Crippen LogP contribution in [0.15, 0.2) is 47.0 Å². The van der Waals surface area contributed by atoms with E-state index >= 15 is 0 Å². The first-order valence-corrected chi connectivity index (χ1v) is 7.15. The molecular weight excluding hydrogens is 262 g/mol. The molecule has 0 saturated carbocycles. The highest BCUT2D eigenvalue weighted by Crippen LogP contribution is 2.12. The van der Waals surface area contributed by atoms with E-state index in [1.807, 2.05) is 25.9 Å². The maximum atomic E-state index is 11.9. The fourth-order valence-electron chi connectivity index (χ4n) is 1.28. The molecule has 0 saturated heterocycles. The van der Waals surface area contributed by atoms with E-state index in [1.54, 1.807) is 44.2 Å². The summed E-state index contributed by atoms with van der Waals surface area (Å²) in [7, 11) is -3.45. The second kappa shape index (κ2) is 8.26. The Kier molecular flexibility index (Phi) is 7.44. The molecule has 0 fully saturated rings. The zero-order valence-electron chi connectivity index (χ0n) is 11.4. The van der Waals surface area contributed by atoms with Gasteiger partial charge in [-0.15, -0.1) is 0 Å². The third-order valence-electron chi connectivity index (χ3n) is 2.28. The summed E-state index contributed by atoms with van der Waals surface area (Å²) < 4.78 is 26.3. The zero-order valence-corrected chi connectivity index (χ0v) is 12.2. The van der Waals surface area contributed by atoms with E-state index in [-0.39, 0.29) is 4.90 Å². The molecule has 1 rings (SSSR count). The van der Waals surface area contributed by atoms with Gasteiger partial charge in [0.25, 0.3) is 10.0 Å². The topological polar surface area (TPSA) is 63.2 Å². The van der Waals surface area contributed by atoms with Gasteiger partial charge in [0.15, 0.2) is 0 Å². The Morgan fingerprint density at radius 3 is 2.11 bits per heavy atom. The molecular formula is C14H19NO3S. The van der Waals surface area contributed by atoms with Crippen LogP contribution in [-0.4, -0.2) is 15.2 Å². The van der Waals surface area contributed by atoms with Crippen molar-refractivity contribution in [2.45, 2.75) is 25.7 Å². The summed E-state index contributed by atoms with van der Waals surface area (Å²) in [5, 5.41) is 0. The molecule has 0 bridgehead atoms. The van der Waals surface area contributed by atoms with Crippen LogP contribution in [0.25, 0.3) is 6.08 Å². The molecule has 0 amide bonds. The zero-order chi connectivity index (χ0) is 14.9. The summed E-state index contributed by atoms with van der Waals surface area (Å²) in [6.45, 7) is 7.42. The SMILES string of the molecule is C/C=C/c1ccc(S(=O)(=O)N/C(C)=C/C)cc1.C=O. The minimum Gasteiger partial charge on any atom is -0.307 e. The van der Waals surface area contributed by atoms with Crippen LogP contribution in [0.5, 0.6) is 0 Å². The maximum absolute atomic E-state index is 11.9. The summed E-state index contributed by atoms with van der Waals surface area (Å²) in [5.74, 6) is 0. The molecule has 0 unspecified atom stereocenters. The van der Waals surface area contributed by atoms with E-state index in [2.05, 4.69) is 4.72 Å². The van der Waals surface area contributed by atoms with Crippen molar-refractivity contribution in [2.24, 2.45) is 0 Å². The number of allylic oxidation sites excluding steroid dienone is 3. The van der Waals surface area contributed by atoms with Gasteiger partial charge in [-0.2, -0.15) is 0 Å². The van der Waals surface area contributed by atoms with E-state index in [9.17, 15) is 8.42 Å². The Balaban J connectivity index is 0.00000154. The third kappa shape index (κ3) is 5.52. The molecule has 19 heavy (non-hydrogen) atoms. The van der Waals surface area contributed by atoms with Gasteiger partial charge in [0, 0.05) is 5.70 Å². The van der Waals surface area contributed by atoms with E-state index in [0.29, 0.717) is 5.70 Å². The Bertz CT molecular complexity index is 543. The Morgan fingerprint density at radius 1 is 1.16 bits per heavy atom. The molecule has 0 radical (unpaired) electrons. The van der Waals surface area contributed by atoms with Crippen LogP contribution in [0.4, 0.5) is 0 Å². The molecule has 1 N–H and O–H groups in total. The molecule has 0 aliphatic carbocycles. The number of sulfonamides is 1. The standard InChI is InChI=1S/C13H17NO2S.CH2O/c1-4-6-12-7-9-13(10-8-12)17(15,16)14-11(3)5-2;1-2/h4-10,14H,1-3H3;1H2/b6-4+,11-5+;. The first-order valence-electron chi connectivity index (χ1n) is 5.67. The molecule has 0 spiro atoms. The van der Waals surface area contributed by atoms with E-state index < -0.39 is 10.0 Å². The van der Waals surface area contributed by atoms with Crippen LogP contribution in [-0.2, 0) is 14.8 Å². The van der Waals surface area contributed by atoms with Crippen LogP contribution < -0.4 is 4.72 Å². The molecule has 1 aromatic rings. The highest BCUT2D eigenvalue weighted by molar-refractivity contribution is 7.89. The monoisotopic (exact) mass is 281 g/mol. The van der Waals surface area contributed by atoms with Crippen LogP contribution in [0.1, 0.15) is 26.3 Å². The van der Waals surface area contributed by atoms with Crippen molar-refractivity contribution in [3.63, 3.8) is 0 Å². The molecule has 104 valence electrons. The van der Waals surface area contributed by atoms with Gasteiger partial charge in [0.2, 0.25) is 0 Å². The van der Waals surface area contributed by atoms with Gasteiger partial charge in [-0.25, -0.2) is 8.42 Å². The smallest absolute Gasteiger partial charge is 0.261 e. The second-order valence-corrected chi connectivity index (χ2v) is 5.33. The van der Waals surface area contributed by atoms with Gasteiger partial charge in [-0.05, 0) is 38.5 Å². The molecule has 0 heterocycles. The highest BCUT2D eigenvalue weighted by Gasteiger charge is 2.12. The van der Waals surface area contributed by atoms with Crippen LogP contribution in [0, 0.1) is 0 Å². The average molecular weight is 281 g/mol. The minimum atomic E-state index is -3.45. The lowest BCUT2D eigenvalue weighted by atomic mass is 10.2. The minimum absolute atomic E-state index is 0.270. The lowest BCUT2D eigenvalue weighted by molar-refractivity contribution is -0.0979. The number of rotatable bonds is 4. The van der Waals surface area contributed by atoms with Gasteiger partial charge < -0.3 is 4.79 Å². The molecule has 1 aromatic carbocycles. The summed E-state index contributed by atoms with van der Waals surface area (Å²) in [4.78, 5) is 8.27. The molecule has 0 aromatic heterocycles. The van der Waals surface area contributed by atoms with Gasteiger partial charge in [-0.3, -0.25) is 4.72 Å². The Morgan fingerprint density at radius 2 is 1.68 bits per heavy atom. The number of hydrogen-bond donors (Lipinski definition) is 1. The summed E-state index contributed by atoms with van der Waals surface area (Å²) in [6, 6.07) is 6.75. The Hall–Kier alpha value is -1.88. The second-order valence-electron chi connectivity index (χ2n) is 3.65. The van der Waals surface area contributed by atoms with E-state index in [0.717, 1.165) is 5.56 Å². The molecule has 5 heteroatoms. The van der Waals surface area contributed by atoms with Crippen LogP contribution in [0.2, 0.25) is 0 Å². The van der Waals surface area contributed by atoms with Crippen molar-refractivity contribution in [1.29, 1.82) is 0 Å². The van der Waals surface area contributed by atoms with Gasteiger partial charge in [0.05, 0.1) is 4.90 Å². The maximum Gasteiger partial charge on any atom is 0.261 e. The molecule has 0 aliphatic rings. The third-order valence-corrected chi connectivity index (χ3v) is 3.76. The van der Waals surface area contributed by atoms with E-state index in [4.69, 9.17) is 4.79 Å². The average Bonchev–Trinajstić information content (AvgIpc) is 2.41. The van der Waals surface area contributed by atoms with Gasteiger partial charge >= 0.3 is 0 Å². The number of hydrogen-bond acceptors (Lipinski definition) is 3. The fourth-order valence-corrected chi connectivity index (χ4v) is 2.43. The fraction of sp³-hybridized carbons (Fsp3) is 0.214. The van der Waals surface area contributed by atoms with Gasteiger partial charge in [0.1, 0.15) is 6.79 Å². The Labute approximate surface area is 114 Å². The molecule has 0 atom stereocenters. The quantitative estimate of drug-likeness (QED) is 0.923. The van der Waals surface area contributed by atoms with Crippen molar-refractivity contribution >= 4 is 22.9 Å².